The van der Waals surface area contributed by atoms with E-state index in [0.717, 1.165) is 19.5 Å². The SMILES string of the molecule is OC[C@H](Cc1ccccc1)N1Cc2cccc3cccc(c23)C1. The molecule has 0 fully saturated rings. The molecule has 3 aromatic carbocycles. The van der Waals surface area contributed by atoms with Gasteiger partial charge in [0.25, 0.3) is 0 Å². The maximum absolute atomic E-state index is 9.94. The lowest BCUT2D eigenvalue weighted by Crippen LogP contribution is -2.40. The Kier molecular flexibility index (Phi) is 3.86. The Bertz CT molecular complexity index is 772. The van der Waals surface area contributed by atoms with Gasteiger partial charge in [0.2, 0.25) is 0 Å². The molecule has 23 heavy (non-hydrogen) atoms. The van der Waals surface area contributed by atoms with Crippen molar-refractivity contribution in [3.05, 3.63) is 83.4 Å². The summed E-state index contributed by atoms with van der Waals surface area (Å²) in [7, 11) is 0. The van der Waals surface area contributed by atoms with Crippen molar-refractivity contribution >= 4 is 10.8 Å². The van der Waals surface area contributed by atoms with Crippen LogP contribution in [0.1, 0.15) is 16.7 Å². The molecule has 4 rings (SSSR count). The van der Waals surface area contributed by atoms with E-state index in [1.807, 2.05) is 6.07 Å². The number of benzene rings is 3. The zero-order valence-electron chi connectivity index (χ0n) is 13.2. The summed E-state index contributed by atoms with van der Waals surface area (Å²) in [5, 5.41) is 12.7. The number of hydrogen-bond donors (Lipinski definition) is 1. The zero-order valence-corrected chi connectivity index (χ0v) is 13.2. The van der Waals surface area contributed by atoms with E-state index in [4.69, 9.17) is 0 Å². The second kappa shape index (κ2) is 6.15. The van der Waals surface area contributed by atoms with E-state index in [0.29, 0.717) is 0 Å². The maximum atomic E-state index is 9.94. The molecule has 1 N–H and O–H groups in total. The van der Waals surface area contributed by atoms with Gasteiger partial charge < -0.3 is 5.11 Å². The monoisotopic (exact) mass is 303 g/mol. The molecule has 2 nitrogen and oxygen atoms in total. The molecule has 0 saturated heterocycles. The molecule has 0 bridgehead atoms. The third kappa shape index (κ3) is 2.76. The Morgan fingerprint density at radius 2 is 1.48 bits per heavy atom. The van der Waals surface area contributed by atoms with Gasteiger partial charge in [0.1, 0.15) is 0 Å². The highest BCUT2D eigenvalue weighted by Crippen LogP contribution is 2.31. The van der Waals surface area contributed by atoms with Crippen molar-refractivity contribution < 1.29 is 5.11 Å². The smallest absolute Gasteiger partial charge is 0.0590 e. The van der Waals surface area contributed by atoms with Crippen molar-refractivity contribution in [1.82, 2.24) is 4.90 Å². The van der Waals surface area contributed by atoms with Crippen LogP contribution in [-0.2, 0) is 19.5 Å². The average molecular weight is 303 g/mol. The highest BCUT2D eigenvalue weighted by molar-refractivity contribution is 5.89. The van der Waals surface area contributed by atoms with Crippen molar-refractivity contribution in [2.75, 3.05) is 6.61 Å². The molecule has 116 valence electrons. The first-order valence-electron chi connectivity index (χ1n) is 8.23. The van der Waals surface area contributed by atoms with Crippen molar-refractivity contribution in [3.8, 4) is 0 Å². The molecule has 0 spiro atoms. The molecule has 0 saturated carbocycles. The van der Waals surface area contributed by atoms with Crippen LogP contribution >= 0.6 is 0 Å². The molecule has 0 aliphatic carbocycles. The lowest BCUT2D eigenvalue weighted by molar-refractivity contribution is 0.107. The predicted molar refractivity (Wildman–Crippen MR) is 94.2 cm³/mol. The van der Waals surface area contributed by atoms with Crippen molar-refractivity contribution in [2.24, 2.45) is 0 Å². The summed E-state index contributed by atoms with van der Waals surface area (Å²) in [5.41, 5.74) is 4.02. The number of hydrogen-bond acceptors (Lipinski definition) is 2. The van der Waals surface area contributed by atoms with Crippen LogP contribution in [0.5, 0.6) is 0 Å². The molecule has 1 aliphatic rings. The first kappa shape index (κ1) is 14.4. The predicted octanol–water partition coefficient (Wildman–Crippen LogP) is 3.76. The lowest BCUT2D eigenvalue weighted by Gasteiger charge is -2.35. The summed E-state index contributed by atoms with van der Waals surface area (Å²) in [6, 6.07) is 23.7. The molecule has 1 aliphatic heterocycles. The first-order chi connectivity index (χ1) is 11.3. The summed E-state index contributed by atoms with van der Waals surface area (Å²) in [4.78, 5) is 2.41. The van der Waals surface area contributed by atoms with E-state index < -0.39 is 0 Å². The fourth-order valence-electron chi connectivity index (χ4n) is 3.71. The van der Waals surface area contributed by atoms with E-state index >= 15 is 0 Å². The summed E-state index contributed by atoms with van der Waals surface area (Å²) >= 11 is 0. The van der Waals surface area contributed by atoms with Gasteiger partial charge in [-0.2, -0.15) is 0 Å². The number of nitrogens with zero attached hydrogens (tertiary/aromatic N) is 1. The van der Waals surface area contributed by atoms with E-state index in [-0.39, 0.29) is 12.6 Å². The van der Waals surface area contributed by atoms with Crippen molar-refractivity contribution in [1.29, 1.82) is 0 Å². The Morgan fingerprint density at radius 3 is 2.09 bits per heavy atom. The molecule has 0 unspecified atom stereocenters. The third-order valence-corrected chi connectivity index (χ3v) is 4.87. The molecular formula is C21H21NO. The molecule has 0 aromatic heterocycles. The van der Waals surface area contributed by atoms with Crippen LogP contribution < -0.4 is 0 Å². The minimum absolute atomic E-state index is 0.154. The van der Waals surface area contributed by atoms with Gasteiger partial charge in [0.15, 0.2) is 0 Å². The van der Waals surface area contributed by atoms with Crippen LogP contribution in [0.15, 0.2) is 66.7 Å². The summed E-state index contributed by atoms with van der Waals surface area (Å²) in [5.74, 6) is 0. The number of aliphatic hydroxyl groups is 1. The summed E-state index contributed by atoms with van der Waals surface area (Å²) in [6.07, 6.45) is 0.884. The normalized spacial score (nSPS) is 15.7. The average Bonchev–Trinajstić information content (AvgIpc) is 2.61. The Balaban J connectivity index is 1.63. The molecule has 3 aromatic rings. The largest absolute Gasteiger partial charge is 0.395 e. The van der Waals surface area contributed by atoms with Crippen LogP contribution in [0, 0.1) is 0 Å². The molecule has 0 radical (unpaired) electrons. The van der Waals surface area contributed by atoms with Gasteiger partial charge in [-0.15, -0.1) is 0 Å². The van der Waals surface area contributed by atoms with Gasteiger partial charge in [-0.1, -0.05) is 66.7 Å². The molecule has 1 atom stereocenters. The highest BCUT2D eigenvalue weighted by Gasteiger charge is 2.24. The quantitative estimate of drug-likeness (QED) is 0.793. The molecular weight excluding hydrogens is 282 g/mol. The van der Waals surface area contributed by atoms with E-state index in [1.165, 1.54) is 27.5 Å². The van der Waals surface area contributed by atoms with Crippen LogP contribution in [0.25, 0.3) is 10.8 Å². The lowest BCUT2D eigenvalue weighted by atomic mass is 9.93. The fraction of sp³-hybridized carbons (Fsp3) is 0.238. The third-order valence-electron chi connectivity index (χ3n) is 4.87. The van der Waals surface area contributed by atoms with Gasteiger partial charge in [-0.3, -0.25) is 4.90 Å². The fourth-order valence-corrected chi connectivity index (χ4v) is 3.71. The highest BCUT2D eigenvalue weighted by atomic mass is 16.3. The minimum atomic E-state index is 0.154. The first-order valence-corrected chi connectivity index (χ1v) is 8.23. The maximum Gasteiger partial charge on any atom is 0.0590 e. The summed E-state index contributed by atoms with van der Waals surface area (Å²) in [6.45, 7) is 2.01. The van der Waals surface area contributed by atoms with Gasteiger partial charge in [0, 0.05) is 19.1 Å². The second-order valence-corrected chi connectivity index (χ2v) is 6.36. The van der Waals surface area contributed by atoms with Gasteiger partial charge in [0.05, 0.1) is 6.61 Å². The Morgan fingerprint density at radius 1 is 0.826 bits per heavy atom. The second-order valence-electron chi connectivity index (χ2n) is 6.36. The topological polar surface area (TPSA) is 23.5 Å². The Labute approximate surface area is 137 Å². The van der Waals surface area contributed by atoms with Crippen molar-refractivity contribution in [2.45, 2.75) is 25.6 Å². The standard InChI is InChI=1S/C21H21NO/c23-15-20(12-16-6-2-1-3-7-16)22-13-18-10-4-8-17-9-5-11-19(14-22)21(17)18/h1-11,20,23H,12-15H2/t20-/m0/s1. The van der Waals surface area contributed by atoms with Crippen LogP contribution in [0.2, 0.25) is 0 Å². The molecule has 0 amide bonds. The van der Waals surface area contributed by atoms with Crippen molar-refractivity contribution in [3.63, 3.8) is 0 Å². The van der Waals surface area contributed by atoms with Gasteiger partial charge in [-0.05, 0) is 33.9 Å². The van der Waals surface area contributed by atoms with E-state index in [9.17, 15) is 5.11 Å². The number of aliphatic hydroxyl groups excluding tert-OH is 1. The van der Waals surface area contributed by atoms with Crippen LogP contribution in [0.4, 0.5) is 0 Å². The Hall–Kier alpha value is -2.16. The molecule has 2 heteroatoms. The van der Waals surface area contributed by atoms with Crippen LogP contribution in [0.3, 0.4) is 0 Å². The van der Waals surface area contributed by atoms with E-state index in [1.54, 1.807) is 0 Å². The molecule has 1 heterocycles. The van der Waals surface area contributed by atoms with Gasteiger partial charge >= 0.3 is 0 Å². The van der Waals surface area contributed by atoms with Crippen LogP contribution in [-0.4, -0.2) is 22.7 Å². The van der Waals surface area contributed by atoms with E-state index in [2.05, 4.69) is 65.6 Å². The summed E-state index contributed by atoms with van der Waals surface area (Å²) < 4.78 is 0. The minimum Gasteiger partial charge on any atom is -0.395 e. The zero-order chi connectivity index (χ0) is 15.6. The van der Waals surface area contributed by atoms with Gasteiger partial charge in [-0.25, -0.2) is 0 Å². The number of rotatable bonds is 4.